The molecule has 0 radical (unpaired) electrons. The molecular weight excluding hydrogens is 857 g/mol. The van der Waals surface area contributed by atoms with E-state index in [4.69, 9.17) is 0 Å². The lowest BCUT2D eigenvalue weighted by atomic mass is 10.0. The predicted molar refractivity (Wildman–Crippen MR) is 277 cm³/mol. The number of hydrogen-bond acceptors (Lipinski definition) is 8. The van der Waals surface area contributed by atoms with Crippen LogP contribution in [0.15, 0.2) is 30.3 Å². The Hall–Kier alpha value is 0.460. The molecule has 0 bridgehead atoms. The average Bonchev–Trinajstić information content (AvgIpc) is 4.03. The molecule has 6 rings (SSSR count). The van der Waals surface area contributed by atoms with Gasteiger partial charge in [-0.15, -0.1) is 92.4 Å². The zero-order valence-electron chi connectivity index (χ0n) is 36.5. The molecule has 0 nitrogen and oxygen atoms in total. The van der Waals surface area contributed by atoms with Crippen molar-refractivity contribution in [2.24, 2.45) is 0 Å². The summed E-state index contributed by atoms with van der Waals surface area (Å²) >= 11 is 17.0. The highest BCUT2D eigenvalue weighted by Crippen LogP contribution is 2.57. The largest absolute Gasteiger partial charge is 0.141 e. The van der Waals surface area contributed by atoms with Gasteiger partial charge in [-0.3, -0.25) is 0 Å². The van der Waals surface area contributed by atoms with Crippen LogP contribution in [-0.2, 0) is 12.8 Å². The number of fused-ring (bicyclic) bond motifs is 3. The smallest absolute Gasteiger partial charge is 0.0593 e. The van der Waals surface area contributed by atoms with E-state index in [1.54, 1.807) is 59.6 Å². The molecule has 0 aromatic carbocycles. The minimum atomic E-state index is 1.25. The zero-order valence-corrected chi connectivity index (χ0v) is 43.0. The molecule has 0 amide bonds. The number of thiophene rings is 4. The predicted octanol–water partition coefficient (Wildman–Crippen LogP) is 20.9. The molecule has 6 heterocycles. The van der Waals surface area contributed by atoms with Crippen molar-refractivity contribution in [2.45, 2.75) is 226 Å². The normalized spacial score (nSPS) is 14.2. The van der Waals surface area contributed by atoms with Gasteiger partial charge in [-0.1, -0.05) is 181 Å². The van der Waals surface area contributed by atoms with Crippen molar-refractivity contribution in [3.8, 4) is 19.5 Å². The Bertz CT molecular complexity index is 1580. The van der Waals surface area contributed by atoms with Gasteiger partial charge in [-0.25, -0.2) is 0 Å². The van der Waals surface area contributed by atoms with Crippen molar-refractivity contribution in [1.82, 2.24) is 0 Å². The Balaban J connectivity index is 1.08. The maximum Gasteiger partial charge on any atom is 0.0593 e. The highest BCUT2D eigenvalue weighted by atomic mass is 32.2. The van der Waals surface area contributed by atoms with Gasteiger partial charge in [0.25, 0.3) is 0 Å². The van der Waals surface area contributed by atoms with E-state index in [2.05, 4.69) is 94.3 Å². The van der Waals surface area contributed by atoms with Crippen LogP contribution in [0.3, 0.4) is 0 Å². The Morgan fingerprint density at radius 2 is 0.638 bits per heavy atom. The van der Waals surface area contributed by atoms with Crippen LogP contribution in [0.5, 0.6) is 0 Å². The summed E-state index contributed by atoms with van der Waals surface area (Å²) in [6, 6.07) is 0. The first kappa shape index (κ1) is 47.9. The third-order valence-corrected chi connectivity index (χ3v) is 22.9. The summed E-state index contributed by atoms with van der Waals surface area (Å²) in [7, 11) is 0. The molecule has 0 spiro atoms. The van der Waals surface area contributed by atoms with Gasteiger partial charge in [0.2, 0.25) is 0 Å². The number of thioether (sulfide) groups is 4. The van der Waals surface area contributed by atoms with Crippen molar-refractivity contribution in [3.05, 3.63) is 21.9 Å². The van der Waals surface area contributed by atoms with Crippen LogP contribution in [0, 0.1) is 0 Å². The van der Waals surface area contributed by atoms with Crippen molar-refractivity contribution in [3.63, 3.8) is 0 Å². The third-order valence-electron chi connectivity index (χ3n) is 12.3. The van der Waals surface area contributed by atoms with Gasteiger partial charge in [0.15, 0.2) is 0 Å². The van der Waals surface area contributed by atoms with E-state index >= 15 is 0 Å². The monoisotopic (exact) mass is 932 g/mol. The molecule has 0 N–H and O–H groups in total. The molecule has 2 aliphatic heterocycles. The van der Waals surface area contributed by atoms with Gasteiger partial charge in [-0.05, 0) is 36.8 Å². The molecule has 0 saturated heterocycles. The molecule has 58 heavy (non-hydrogen) atoms. The fourth-order valence-corrected chi connectivity index (χ4v) is 20.0. The fraction of sp³-hybridized carbons (Fsp3) is 0.720. The molecular formula is C50H76S8. The zero-order chi connectivity index (χ0) is 40.0. The summed E-state index contributed by atoms with van der Waals surface area (Å²) in [6.07, 6.45) is 42.5. The number of rotatable bonds is 32. The number of hydrogen-bond donors (Lipinski definition) is 0. The topological polar surface area (TPSA) is 0 Å². The van der Waals surface area contributed by atoms with E-state index in [0.29, 0.717) is 0 Å². The Morgan fingerprint density at radius 1 is 0.345 bits per heavy atom. The summed E-state index contributed by atoms with van der Waals surface area (Å²) in [5.74, 6) is 5.02. The minimum absolute atomic E-state index is 1.25. The highest BCUT2D eigenvalue weighted by Gasteiger charge is 2.28. The van der Waals surface area contributed by atoms with Crippen molar-refractivity contribution in [2.75, 3.05) is 23.0 Å². The Labute approximate surface area is 388 Å². The van der Waals surface area contributed by atoms with Crippen molar-refractivity contribution >= 4 is 102 Å². The van der Waals surface area contributed by atoms with Crippen LogP contribution in [0.1, 0.15) is 205 Å². The second-order valence-corrected chi connectivity index (χ2v) is 25.4. The van der Waals surface area contributed by atoms with E-state index in [1.165, 1.54) is 216 Å². The average molecular weight is 934 g/mol. The first-order valence-corrected chi connectivity index (χ1v) is 31.5. The molecule has 4 aromatic heterocycles. The molecule has 0 saturated carbocycles. The van der Waals surface area contributed by atoms with Crippen LogP contribution in [-0.4, -0.2) is 23.0 Å². The molecule has 0 aliphatic carbocycles. The van der Waals surface area contributed by atoms with E-state index < -0.39 is 0 Å². The van der Waals surface area contributed by atoms with Gasteiger partial charge >= 0.3 is 0 Å². The van der Waals surface area contributed by atoms with Crippen LogP contribution in [0.2, 0.25) is 0 Å². The second-order valence-electron chi connectivity index (χ2n) is 17.1. The summed E-state index contributed by atoms with van der Waals surface area (Å²) < 4.78 is 3.33. The lowest BCUT2D eigenvalue weighted by Crippen LogP contribution is -1.92. The second kappa shape index (κ2) is 28.3. The molecule has 8 heteroatoms. The minimum Gasteiger partial charge on any atom is -0.141 e. The van der Waals surface area contributed by atoms with Crippen LogP contribution >= 0.6 is 92.4 Å². The Morgan fingerprint density at radius 3 is 0.966 bits per heavy atom. The SMILES string of the molecule is CCCCCCCCCCCCCCCCc1c(-c2scc3c2SCCS3)sc2c(CCCCCCCCCCCCCCCC)c(-c3scc4c3SCCS4)sc12. The lowest BCUT2D eigenvalue weighted by Gasteiger charge is -2.13. The molecule has 2 aliphatic rings. The first-order valence-electron chi connectivity index (χ1n) is 24.1. The summed E-state index contributed by atoms with van der Waals surface area (Å²) in [5.41, 5.74) is 3.43. The molecule has 4 aromatic rings. The van der Waals surface area contributed by atoms with Crippen molar-refractivity contribution in [1.29, 1.82) is 0 Å². The lowest BCUT2D eigenvalue weighted by molar-refractivity contribution is 0.535. The van der Waals surface area contributed by atoms with Gasteiger partial charge in [0.1, 0.15) is 0 Å². The van der Waals surface area contributed by atoms with Crippen LogP contribution < -0.4 is 0 Å². The van der Waals surface area contributed by atoms with Crippen LogP contribution in [0.4, 0.5) is 0 Å². The van der Waals surface area contributed by atoms with E-state index in [0.717, 1.165) is 0 Å². The summed E-state index contributed by atoms with van der Waals surface area (Å²) in [4.78, 5) is 12.8. The van der Waals surface area contributed by atoms with E-state index in [9.17, 15) is 0 Å². The highest BCUT2D eigenvalue weighted by molar-refractivity contribution is 8.06. The van der Waals surface area contributed by atoms with E-state index in [-0.39, 0.29) is 0 Å². The molecule has 0 fully saturated rings. The van der Waals surface area contributed by atoms with Gasteiger partial charge in [0.05, 0.1) is 19.5 Å². The maximum absolute atomic E-state index is 2.49. The third kappa shape index (κ3) is 14.8. The van der Waals surface area contributed by atoms with Gasteiger partial charge in [-0.2, -0.15) is 0 Å². The molecule has 324 valence electrons. The fourth-order valence-electron chi connectivity index (χ4n) is 8.88. The maximum atomic E-state index is 2.49. The summed E-state index contributed by atoms with van der Waals surface area (Å²) in [5, 5.41) is 4.97. The van der Waals surface area contributed by atoms with E-state index in [1.807, 2.05) is 22.7 Å². The van der Waals surface area contributed by atoms with Gasteiger partial charge < -0.3 is 0 Å². The quantitative estimate of drug-likeness (QED) is 0.0447. The standard InChI is InChI=1S/C50H76S8/c1-3-5-7-9-11-13-15-17-19-21-23-25-27-29-31-39-43-44(58-45(39)49-47-41(37-55-49)51-33-35-53-47)40(46(57-43)50-48-42(38-56-50)52-34-36-54-48)32-30-28-26-24-22-20-18-16-14-12-10-8-6-4-2/h37-38H,3-36H2,1-2H3. The first-order chi connectivity index (χ1) is 28.8. The molecule has 0 unspecified atom stereocenters. The summed E-state index contributed by atoms with van der Waals surface area (Å²) in [6.45, 7) is 4.64. The number of unbranched alkanes of at least 4 members (excludes halogenated alkanes) is 26. The van der Waals surface area contributed by atoms with Crippen molar-refractivity contribution < 1.29 is 0 Å². The Kier molecular flexibility index (Phi) is 23.4. The van der Waals surface area contributed by atoms with Crippen LogP contribution in [0.25, 0.3) is 28.9 Å². The molecule has 0 atom stereocenters. The number of aryl methyl sites for hydroxylation is 2. The van der Waals surface area contributed by atoms with Gasteiger partial charge in [0, 0.05) is 62.8 Å².